The van der Waals surface area contributed by atoms with Crippen molar-refractivity contribution >= 4 is 23.2 Å². The Kier molecular flexibility index (Phi) is 4.84. The number of carbonyl (C=O) groups is 1. The predicted molar refractivity (Wildman–Crippen MR) is 90.3 cm³/mol. The van der Waals surface area contributed by atoms with Crippen molar-refractivity contribution in [1.29, 1.82) is 0 Å². The molecule has 0 saturated carbocycles. The number of carbonyl (C=O) groups excluding carboxylic acids is 1. The maximum absolute atomic E-state index is 12.3. The van der Waals surface area contributed by atoms with Gasteiger partial charge in [-0.3, -0.25) is 4.79 Å². The normalized spacial score (nSPS) is 17.0. The molecule has 1 aliphatic heterocycles. The minimum Gasteiger partial charge on any atom is -0.455 e. The third-order valence-electron chi connectivity index (χ3n) is 3.64. The van der Waals surface area contributed by atoms with Crippen LogP contribution in [0.5, 0.6) is 11.5 Å². The molecule has 23 heavy (non-hydrogen) atoms. The zero-order chi connectivity index (χ0) is 16.2. The number of hydrogen-bond acceptors (Lipinski definition) is 3. The highest BCUT2D eigenvalue weighted by Crippen LogP contribution is 2.32. The number of amides is 1. The highest BCUT2D eigenvalue weighted by molar-refractivity contribution is 6.31. The quantitative estimate of drug-likeness (QED) is 0.893. The molecule has 120 valence electrons. The first-order valence-electron chi connectivity index (χ1n) is 7.58. The van der Waals surface area contributed by atoms with E-state index >= 15 is 0 Å². The van der Waals surface area contributed by atoms with Crippen molar-refractivity contribution in [3.8, 4) is 11.5 Å². The lowest BCUT2D eigenvalue weighted by molar-refractivity contribution is -0.124. The van der Waals surface area contributed by atoms with Crippen LogP contribution < -0.4 is 10.1 Å². The zero-order valence-electron chi connectivity index (χ0n) is 12.8. The average molecular weight is 332 g/mol. The molecule has 0 bridgehead atoms. The first kappa shape index (κ1) is 15.8. The maximum atomic E-state index is 12.3. The molecule has 1 aliphatic rings. The molecular weight excluding hydrogens is 314 g/mol. The van der Waals surface area contributed by atoms with Crippen molar-refractivity contribution in [2.75, 3.05) is 11.9 Å². The van der Waals surface area contributed by atoms with Gasteiger partial charge < -0.3 is 14.8 Å². The minimum atomic E-state index is -0.402. The fourth-order valence-corrected chi connectivity index (χ4v) is 2.66. The Morgan fingerprint density at radius 2 is 2.17 bits per heavy atom. The second kappa shape index (κ2) is 7.02. The minimum absolute atomic E-state index is 0.168. The molecule has 1 unspecified atom stereocenters. The molecule has 1 saturated heterocycles. The highest BCUT2D eigenvalue weighted by atomic mass is 35.5. The maximum Gasteiger partial charge on any atom is 0.253 e. The van der Waals surface area contributed by atoms with Gasteiger partial charge in [-0.25, -0.2) is 0 Å². The van der Waals surface area contributed by atoms with Crippen LogP contribution >= 0.6 is 11.6 Å². The molecule has 2 aromatic rings. The largest absolute Gasteiger partial charge is 0.455 e. The van der Waals surface area contributed by atoms with Gasteiger partial charge in [0.1, 0.15) is 11.9 Å². The van der Waals surface area contributed by atoms with Crippen LogP contribution in [0, 0.1) is 6.92 Å². The SMILES string of the molecule is Cc1cccc(Oc2ccc(Cl)cc2NC(=O)C2CCCO2)c1. The molecule has 2 aromatic carbocycles. The standard InChI is InChI=1S/C18H18ClNO3/c1-12-4-2-5-14(10-12)23-16-8-7-13(19)11-15(16)20-18(21)17-6-3-9-22-17/h2,4-5,7-8,10-11,17H,3,6,9H2,1H3,(H,20,21). The van der Waals surface area contributed by atoms with Gasteiger partial charge in [-0.1, -0.05) is 23.7 Å². The smallest absolute Gasteiger partial charge is 0.253 e. The highest BCUT2D eigenvalue weighted by Gasteiger charge is 2.24. The summed E-state index contributed by atoms with van der Waals surface area (Å²) < 4.78 is 11.3. The van der Waals surface area contributed by atoms with E-state index in [2.05, 4.69) is 5.32 Å². The van der Waals surface area contributed by atoms with Crippen LogP contribution in [-0.4, -0.2) is 18.6 Å². The van der Waals surface area contributed by atoms with Crippen LogP contribution in [0.15, 0.2) is 42.5 Å². The number of rotatable bonds is 4. The first-order valence-corrected chi connectivity index (χ1v) is 7.96. The molecular formula is C18H18ClNO3. The molecule has 5 heteroatoms. The molecule has 4 nitrogen and oxygen atoms in total. The van der Waals surface area contributed by atoms with E-state index in [1.165, 1.54) is 0 Å². The summed E-state index contributed by atoms with van der Waals surface area (Å²) in [6.45, 7) is 2.62. The van der Waals surface area contributed by atoms with E-state index in [1.807, 2.05) is 31.2 Å². The number of aryl methyl sites for hydroxylation is 1. The lowest BCUT2D eigenvalue weighted by Gasteiger charge is -2.15. The van der Waals surface area contributed by atoms with Gasteiger partial charge in [0.15, 0.2) is 5.75 Å². The Morgan fingerprint density at radius 3 is 2.91 bits per heavy atom. The molecule has 0 radical (unpaired) electrons. The summed E-state index contributed by atoms with van der Waals surface area (Å²) in [5.41, 5.74) is 1.64. The summed E-state index contributed by atoms with van der Waals surface area (Å²) in [7, 11) is 0. The Morgan fingerprint density at radius 1 is 1.30 bits per heavy atom. The molecule has 0 aromatic heterocycles. The van der Waals surface area contributed by atoms with Crippen LogP contribution in [0.1, 0.15) is 18.4 Å². The number of benzene rings is 2. The van der Waals surface area contributed by atoms with Crippen LogP contribution in [0.4, 0.5) is 5.69 Å². The topological polar surface area (TPSA) is 47.6 Å². The van der Waals surface area contributed by atoms with Crippen molar-refractivity contribution in [2.24, 2.45) is 0 Å². The van der Waals surface area contributed by atoms with E-state index in [0.717, 1.165) is 18.4 Å². The van der Waals surface area contributed by atoms with Crippen molar-refractivity contribution in [3.05, 3.63) is 53.1 Å². The Hall–Kier alpha value is -2.04. The third-order valence-corrected chi connectivity index (χ3v) is 3.87. The second-order valence-electron chi connectivity index (χ2n) is 5.55. The summed E-state index contributed by atoms with van der Waals surface area (Å²) in [5, 5.41) is 3.39. The molecule has 3 rings (SSSR count). The zero-order valence-corrected chi connectivity index (χ0v) is 13.6. The summed E-state index contributed by atoms with van der Waals surface area (Å²) >= 11 is 6.05. The van der Waals surface area contributed by atoms with Crippen LogP contribution in [0.25, 0.3) is 0 Å². The van der Waals surface area contributed by atoms with Crippen LogP contribution in [-0.2, 0) is 9.53 Å². The summed E-state index contributed by atoms with van der Waals surface area (Å²) in [6.07, 6.45) is 1.24. The summed E-state index contributed by atoms with van der Waals surface area (Å²) in [5.74, 6) is 1.09. The van der Waals surface area contributed by atoms with Crippen molar-refractivity contribution in [1.82, 2.24) is 0 Å². The van der Waals surface area contributed by atoms with Crippen LogP contribution in [0.3, 0.4) is 0 Å². The van der Waals surface area contributed by atoms with Gasteiger partial charge in [0.05, 0.1) is 5.69 Å². The average Bonchev–Trinajstić information content (AvgIpc) is 3.04. The summed E-state index contributed by atoms with van der Waals surface area (Å²) in [6, 6.07) is 12.9. The van der Waals surface area contributed by atoms with Crippen molar-refractivity contribution < 1.29 is 14.3 Å². The van der Waals surface area contributed by atoms with E-state index in [9.17, 15) is 4.79 Å². The molecule has 1 fully saturated rings. The van der Waals surface area contributed by atoms with Crippen molar-refractivity contribution in [2.45, 2.75) is 25.9 Å². The van der Waals surface area contributed by atoms with Crippen molar-refractivity contribution in [3.63, 3.8) is 0 Å². The van der Waals surface area contributed by atoms with E-state index in [-0.39, 0.29) is 5.91 Å². The molecule has 1 N–H and O–H groups in total. The van der Waals surface area contributed by atoms with E-state index in [1.54, 1.807) is 18.2 Å². The van der Waals surface area contributed by atoms with Gasteiger partial charge in [-0.2, -0.15) is 0 Å². The lowest BCUT2D eigenvalue weighted by Crippen LogP contribution is -2.27. The first-order chi connectivity index (χ1) is 11.1. The van der Waals surface area contributed by atoms with E-state index in [0.29, 0.717) is 28.8 Å². The molecule has 0 aliphatic carbocycles. The molecule has 0 spiro atoms. The fraction of sp³-hybridized carbons (Fsp3) is 0.278. The molecule has 1 heterocycles. The van der Waals surface area contributed by atoms with Gasteiger partial charge in [0, 0.05) is 11.6 Å². The van der Waals surface area contributed by atoms with E-state index in [4.69, 9.17) is 21.1 Å². The summed E-state index contributed by atoms with van der Waals surface area (Å²) in [4.78, 5) is 12.3. The molecule has 1 amide bonds. The van der Waals surface area contributed by atoms with Gasteiger partial charge >= 0.3 is 0 Å². The van der Waals surface area contributed by atoms with Crippen LogP contribution in [0.2, 0.25) is 5.02 Å². The van der Waals surface area contributed by atoms with Gasteiger partial charge in [0.25, 0.3) is 5.91 Å². The second-order valence-corrected chi connectivity index (χ2v) is 5.99. The lowest BCUT2D eigenvalue weighted by atomic mass is 10.2. The Labute approximate surface area is 140 Å². The number of halogens is 1. The predicted octanol–water partition coefficient (Wildman–Crippen LogP) is 4.56. The van der Waals surface area contributed by atoms with Gasteiger partial charge in [0.2, 0.25) is 0 Å². The number of nitrogens with one attached hydrogen (secondary N) is 1. The Balaban J connectivity index is 1.81. The fourth-order valence-electron chi connectivity index (χ4n) is 2.49. The number of anilines is 1. The number of hydrogen-bond donors (Lipinski definition) is 1. The van der Waals surface area contributed by atoms with Gasteiger partial charge in [-0.05, 0) is 55.7 Å². The Bertz CT molecular complexity index is 711. The molecule has 1 atom stereocenters. The van der Waals surface area contributed by atoms with Gasteiger partial charge in [-0.15, -0.1) is 0 Å². The monoisotopic (exact) mass is 331 g/mol. The number of ether oxygens (including phenoxy) is 2. The third kappa shape index (κ3) is 4.03. The van der Waals surface area contributed by atoms with E-state index < -0.39 is 6.10 Å².